The maximum atomic E-state index is 12.3. The summed E-state index contributed by atoms with van der Waals surface area (Å²) in [6, 6.07) is 3.36. The highest BCUT2D eigenvalue weighted by Crippen LogP contribution is 2.20. The van der Waals surface area contributed by atoms with Crippen molar-refractivity contribution < 1.29 is 17.9 Å². The summed E-state index contributed by atoms with van der Waals surface area (Å²) in [7, 11) is 1.70. The molecule has 0 aliphatic carbocycles. The second-order valence-corrected chi connectivity index (χ2v) is 5.97. The van der Waals surface area contributed by atoms with E-state index in [4.69, 9.17) is 4.74 Å². The second kappa shape index (κ2) is 8.21. The van der Waals surface area contributed by atoms with E-state index in [1.807, 2.05) is 0 Å². The van der Waals surface area contributed by atoms with Crippen LogP contribution in [0.5, 0.6) is 5.88 Å². The smallest absolute Gasteiger partial charge is 0.422 e. The molecule has 0 amide bonds. The van der Waals surface area contributed by atoms with Crippen LogP contribution in [0.3, 0.4) is 0 Å². The van der Waals surface area contributed by atoms with Gasteiger partial charge in [0.25, 0.3) is 0 Å². The Morgan fingerprint density at radius 1 is 1.50 bits per heavy atom. The summed E-state index contributed by atoms with van der Waals surface area (Å²) in [5.74, 6) is 1.33. The molecule has 8 heteroatoms. The fourth-order valence-electron chi connectivity index (χ4n) is 2.73. The van der Waals surface area contributed by atoms with Gasteiger partial charge < -0.3 is 15.0 Å². The van der Waals surface area contributed by atoms with Crippen molar-refractivity contribution >= 4 is 5.96 Å². The molecular weight excluding hydrogens is 321 g/mol. The van der Waals surface area contributed by atoms with Gasteiger partial charge in [0.05, 0.1) is 0 Å². The number of halogens is 3. The van der Waals surface area contributed by atoms with Crippen LogP contribution in [0.25, 0.3) is 0 Å². The molecule has 0 bridgehead atoms. The number of aromatic nitrogens is 1. The summed E-state index contributed by atoms with van der Waals surface area (Å²) < 4.78 is 41.8. The standard InChI is InChI=1S/C16H23F3N4O/c1-12-5-4-8-23(10-12)15(20-2)22-9-13-6-3-7-21-14(13)24-11-16(17,18)19/h3,6-7,12H,4-5,8-11H2,1-2H3,(H,20,22). The normalized spacial score (nSPS) is 19.3. The third kappa shape index (κ3) is 5.58. The largest absolute Gasteiger partial charge is 0.468 e. The highest BCUT2D eigenvalue weighted by atomic mass is 19.4. The summed E-state index contributed by atoms with van der Waals surface area (Å²) in [6.45, 7) is 3.00. The summed E-state index contributed by atoms with van der Waals surface area (Å²) in [4.78, 5) is 10.3. The minimum Gasteiger partial charge on any atom is -0.468 e. The Balaban J connectivity index is 1.97. The summed E-state index contributed by atoms with van der Waals surface area (Å²) >= 11 is 0. The molecule has 5 nitrogen and oxygen atoms in total. The molecule has 1 saturated heterocycles. The Labute approximate surface area is 139 Å². The van der Waals surface area contributed by atoms with Crippen LogP contribution < -0.4 is 10.1 Å². The summed E-state index contributed by atoms with van der Waals surface area (Å²) in [5, 5.41) is 3.19. The van der Waals surface area contributed by atoms with Gasteiger partial charge in [-0.1, -0.05) is 13.0 Å². The summed E-state index contributed by atoms with van der Waals surface area (Å²) in [6.07, 6.45) is -0.668. The Morgan fingerprint density at radius 3 is 2.96 bits per heavy atom. The third-order valence-corrected chi connectivity index (χ3v) is 3.83. The molecule has 2 heterocycles. The third-order valence-electron chi connectivity index (χ3n) is 3.83. The lowest BCUT2D eigenvalue weighted by atomic mass is 10.0. The van der Waals surface area contributed by atoms with Gasteiger partial charge in [0.15, 0.2) is 12.6 Å². The highest BCUT2D eigenvalue weighted by molar-refractivity contribution is 5.80. The van der Waals surface area contributed by atoms with Crippen molar-refractivity contribution in [3.05, 3.63) is 23.9 Å². The first-order valence-corrected chi connectivity index (χ1v) is 7.98. The van der Waals surface area contributed by atoms with Crippen molar-refractivity contribution in [1.29, 1.82) is 0 Å². The molecule has 24 heavy (non-hydrogen) atoms. The first-order valence-electron chi connectivity index (χ1n) is 7.98. The van der Waals surface area contributed by atoms with Crippen LogP contribution in [0, 0.1) is 5.92 Å². The minimum absolute atomic E-state index is 0.00945. The van der Waals surface area contributed by atoms with Gasteiger partial charge in [-0.2, -0.15) is 13.2 Å². The van der Waals surface area contributed by atoms with Gasteiger partial charge in [-0.05, 0) is 24.8 Å². The number of pyridine rings is 1. The lowest BCUT2D eigenvalue weighted by molar-refractivity contribution is -0.154. The van der Waals surface area contributed by atoms with Crippen LogP contribution >= 0.6 is 0 Å². The SMILES string of the molecule is CN=C(NCc1cccnc1OCC(F)(F)F)N1CCCC(C)C1. The Bertz CT molecular complexity index is 562. The Hall–Kier alpha value is -1.99. The molecule has 1 aromatic heterocycles. The lowest BCUT2D eigenvalue weighted by Gasteiger charge is -2.33. The van der Waals surface area contributed by atoms with Gasteiger partial charge in [-0.25, -0.2) is 4.98 Å². The number of likely N-dealkylation sites (tertiary alicyclic amines) is 1. The molecule has 0 aromatic carbocycles. The van der Waals surface area contributed by atoms with Crippen LogP contribution in [-0.2, 0) is 6.54 Å². The molecule has 1 N–H and O–H groups in total. The van der Waals surface area contributed by atoms with Gasteiger partial charge in [0.2, 0.25) is 5.88 Å². The molecule has 134 valence electrons. The van der Waals surface area contributed by atoms with E-state index in [9.17, 15) is 13.2 Å². The van der Waals surface area contributed by atoms with E-state index in [2.05, 4.69) is 27.1 Å². The number of piperidine rings is 1. The van der Waals surface area contributed by atoms with Crippen molar-refractivity contribution in [3.8, 4) is 5.88 Å². The number of ether oxygens (including phenoxy) is 1. The van der Waals surface area contributed by atoms with E-state index in [0.717, 1.165) is 25.5 Å². The molecule has 1 unspecified atom stereocenters. The molecule has 0 radical (unpaired) electrons. The van der Waals surface area contributed by atoms with Crippen LogP contribution in [-0.4, -0.2) is 48.8 Å². The predicted octanol–water partition coefficient (Wildman–Crippen LogP) is 2.83. The van der Waals surface area contributed by atoms with Crippen molar-refractivity contribution in [3.63, 3.8) is 0 Å². The number of hydrogen-bond donors (Lipinski definition) is 1. The number of nitrogens with one attached hydrogen (secondary N) is 1. The lowest BCUT2D eigenvalue weighted by Crippen LogP contribution is -2.45. The van der Waals surface area contributed by atoms with Crippen LogP contribution in [0.15, 0.2) is 23.3 Å². The van der Waals surface area contributed by atoms with Crippen molar-refractivity contribution in [2.24, 2.45) is 10.9 Å². The quantitative estimate of drug-likeness (QED) is 0.674. The predicted molar refractivity (Wildman–Crippen MR) is 86.0 cm³/mol. The van der Waals surface area contributed by atoms with Gasteiger partial charge in [0.1, 0.15) is 0 Å². The average Bonchev–Trinajstić information content (AvgIpc) is 2.54. The minimum atomic E-state index is -4.39. The van der Waals surface area contributed by atoms with E-state index in [1.54, 1.807) is 19.2 Å². The van der Waals surface area contributed by atoms with Gasteiger partial charge in [-0.3, -0.25) is 4.99 Å². The topological polar surface area (TPSA) is 49.8 Å². The molecule has 1 atom stereocenters. The van der Waals surface area contributed by atoms with Gasteiger partial charge >= 0.3 is 6.18 Å². The van der Waals surface area contributed by atoms with E-state index in [-0.39, 0.29) is 5.88 Å². The number of rotatable bonds is 4. The number of alkyl halides is 3. The van der Waals surface area contributed by atoms with Gasteiger partial charge in [-0.15, -0.1) is 0 Å². The fraction of sp³-hybridized carbons (Fsp3) is 0.625. The maximum Gasteiger partial charge on any atom is 0.422 e. The summed E-state index contributed by atoms with van der Waals surface area (Å²) in [5.41, 5.74) is 0.563. The Kier molecular flexibility index (Phi) is 6.28. The maximum absolute atomic E-state index is 12.3. The molecule has 1 aliphatic heterocycles. The average molecular weight is 344 g/mol. The van der Waals surface area contributed by atoms with Crippen LogP contribution in [0.4, 0.5) is 13.2 Å². The Morgan fingerprint density at radius 2 is 2.29 bits per heavy atom. The molecular formula is C16H23F3N4O. The number of guanidine groups is 1. The monoisotopic (exact) mass is 344 g/mol. The molecule has 2 rings (SSSR count). The number of hydrogen-bond acceptors (Lipinski definition) is 3. The van der Waals surface area contributed by atoms with E-state index in [1.165, 1.54) is 12.6 Å². The first kappa shape index (κ1) is 18.4. The fourth-order valence-corrected chi connectivity index (χ4v) is 2.73. The second-order valence-electron chi connectivity index (χ2n) is 5.97. The van der Waals surface area contributed by atoms with E-state index >= 15 is 0 Å². The van der Waals surface area contributed by atoms with E-state index in [0.29, 0.717) is 18.0 Å². The molecule has 0 spiro atoms. The molecule has 1 aliphatic rings. The van der Waals surface area contributed by atoms with Crippen molar-refractivity contribution in [1.82, 2.24) is 15.2 Å². The highest BCUT2D eigenvalue weighted by Gasteiger charge is 2.29. The molecule has 1 aromatic rings. The zero-order valence-corrected chi connectivity index (χ0v) is 13.9. The van der Waals surface area contributed by atoms with Crippen LogP contribution in [0.2, 0.25) is 0 Å². The van der Waals surface area contributed by atoms with Crippen molar-refractivity contribution in [2.45, 2.75) is 32.5 Å². The number of aliphatic imine (C=N–C) groups is 1. The van der Waals surface area contributed by atoms with Gasteiger partial charge in [0, 0.05) is 38.4 Å². The first-order chi connectivity index (χ1) is 11.4. The zero-order valence-electron chi connectivity index (χ0n) is 13.9. The molecule has 0 saturated carbocycles. The molecule has 1 fully saturated rings. The van der Waals surface area contributed by atoms with Crippen LogP contribution in [0.1, 0.15) is 25.3 Å². The number of nitrogens with zero attached hydrogens (tertiary/aromatic N) is 3. The van der Waals surface area contributed by atoms with Crippen molar-refractivity contribution in [2.75, 3.05) is 26.7 Å². The van der Waals surface area contributed by atoms with E-state index < -0.39 is 12.8 Å². The zero-order chi connectivity index (χ0) is 17.6.